The van der Waals surface area contributed by atoms with E-state index in [2.05, 4.69) is 4.99 Å². The Morgan fingerprint density at radius 3 is 2.58 bits per heavy atom. The van der Waals surface area contributed by atoms with Gasteiger partial charge in [0.25, 0.3) is 0 Å². The van der Waals surface area contributed by atoms with Crippen molar-refractivity contribution in [3.05, 3.63) is 58.2 Å². The molecule has 1 aromatic carbocycles. The van der Waals surface area contributed by atoms with Crippen LogP contribution in [0, 0.1) is 6.92 Å². The quantitative estimate of drug-likeness (QED) is 0.721. The number of aliphatic hydroxyl groups excluding tert-OH is 1. The summed E-state index contributed by atoms with van der Waals surface area (Å²) >= 11 is 1.35. The number of carbonyl (C=O) groups is 1. The highest BCUT2D eigenvalue weighted by molar-refractivity contribution is 7.11. The van der Waals surface area contributed by atoms with Gasteiger partial charge in [-0.3, -0.25) is 4.79 Å². The molecular weight excluding hydrogens is 324 g/mol. The van der Waals surface area contributed by atoms with Gasteiger partial charge in [0.1, 0.15) is 0 Å². The number of rotatable bonds is 5. The molecule has 0 aliphatic carbocycles. The lowest BCUT2D eigenvalue weighted by Crippen LogP contribution is -2.18. The van der Waals surface area contributed by atoms with Crippen LogP contribution in [0.15, 0.2) is 52.3 Å². The topological polar surface area (TPSA) is 67.7 Å². The summed E-state index contributed by atoms with van der Waals surface area (Å²) in [6.07, 6.45) is 3.34. The smallest absolute Gasteiger partial charge is 0.190 e. The monoisotopic (exact) mass is 342 g/mol. The van der Waals surface area contributed by atoms with E-state index in [-0.39, 0.29) is 12.4 Å². The van der Waals surface area contributed by atoms with Gasteiger partial charge in [-0.25, -0.2) is 4.99 Å². The van der Waals surface area contributed by atoms with Crippen LogP contribution < -0.4 is 4.80 Å². The van der Waals surface area contributed by atoms with Crippen LogP contribution in [-0.4, -0.2) is 22.1 Å². The molecule has 6 heteroatoms. The van der Waals surface area contributed by atoms with Crippen LogP contribution >= 0.6 is 11.3 Å². The molecule has 0 aliphatic rings. The third-order valence-corrected chi connectivity index (χ3v) is 5.03. The maximum Gasteiger partial charge on any atom is 0.190 e. The minimum atomic E-state index is 0.00152. The lowest BCUT2D eigenvalue weighted by Gasteiger charge is -2.03. The molecular formula is C18H18N2O3S. The van der Waals surface area contributed by atoms with Crippen LogP contribution in [0.5, 0.6) is 0 Å². The summed E-state index contributed by atoms with van der Waals surface area (Å²) in [5.74, 6) is 0.0148. The highest BCUT2D eigenvalue weighted by atomic mass is 32.1. The first-order chi connectivity index (χ1) is 11.6. The van der Waals surface area contributed by atoms with Crippen LogP contribution in [0.1, 0.15) is 22.3 Å². The number of carbonyl (C=O) groups excluding carboxylic acids is 1. The first-order valence-electron chi connectivity index (χ1n) is 7.59. The van der Waals surface area contributed by atoms with E-state index in [0.29, 0.717) is 16.2 Å². The number of benzene rings is 1. The second-order valence-corrected chi connectivity index (χ2v) is 6.38. The van der Waals surface area contributed by atoms with Gasteiger partial charge in [-0.2, -0.15) is 0 Å². The minimum Gasteiger partial charge on any atom is -0.472 e. The average Bonchev–Trinajstić information content (AvgIpc) is 3.19. The van der Waals surface area contributed by atoms with Crippen molar-refractivity contribution < 1.29 is 14.3 Å². The van der Waals surface area contributed by atoms with Gasteiger partial charge < -0.3 is 14.1 Å². The van der Waals surface area contributed by atoms with E-state index in [0.717, 1.165) is 22.5 Å². The summed E-state index contributed by atoms with van der Waals surface area (Å²) in [5, 5.41) is 9.27. The van der Waals surface area contributed by atoms with Crippen LogP contribution in [-0.2, 0) is 6.54 Å². The zero-order chi connectivity index (χ0) is 17.1. The first kappa shape index (κ1) is 16.4. The summed E-state index contributed by atoms with van der Waals surface area (Å²) in [5.41, 5.74) is 3.71. The summed E-state index contributed by atoms with van der Waals surface area (Å²) in [4.78, 5) is 17.8. The molecule has 0 amide bonds. The van der Waals surface area contributed by atoms with E-state index in [4.69, 9.17) is 4.42 Å². The van der Waals surface area contributed by atoms with Gasteiger partial charge in [0.15, 0.2) is 10.6 Å². The minimum absolute atomic E-state index is 0.00152. The maximum absolute atomic E-state index is 11.7. The molecule has 0 unspecified atom stereocenters. The molecule has 0 bridgehead atoms. The fourth-order valence-electron chi connectivity index (χ4n) is 2.53. The SMILES string of the molecule is CC(=O)c1sc(=Nc2ccc(-c3ccoc3)cc2)n(CCO)c1C. The normalized spacial score (nSPS) is 11.9. The third kappa shape index (κ3) is 3.25. The summed E-state index contributed by atoms with van der Waals surface area (Å²) < 4.78 is 6.98. The molecule has 124 valence electrons. The molecule has 0 aliphatic heterocycles. The van der Waals surface area contributed by atoms with E-state index in [9.17, 15) is 9.90 Å². The highest BCUT2D eigenvalue weighted by Crippen LogP contribution is 2.23. The summed E-state index contributed by atoms with van der Waals surface area (Å²) in [7, 11) is 0. The number of hydrogen-bond donors (Lipinski definition) is 1. The number of Topliss-reactive ketones (excluding diaryl/α,β-unsaturated/α-hetero) is 1. The Morgan fingerprint density at radius 2 is 2.00 bits per heavy atom. The van der Waals surface area contributed by atoms with Crippen LogP contribution in [0.25, 0.3) is 11.1 Å². The first-order valence-corrected chi connectivity index (χ1v) is 8.41. The Kier molecular flexibility index (Phi) is 4.78. The number of hydrogen-bond acceptors (Lipinski definition) is 5. The van der Waals surface area contributed by atoms with Crippen molar-refractivity contribution in [2.75, 3.05) is 6.61 Å². The zero-order valence-electron chi connectivity index (χ0n) is 13.5. The van der Waals surface area contributed by atoms with Gasteiger partial charge in [0.2, 0.25) is 0 Å². The maximum atomic E-state index is 11.7. The number of nitrogens with zero attached hydrogens (tertiary/aromatic N) is 2. The van der Waals surface area contributed by atoms with Crippen LogP contribution in [0.3, 0.4) is 0 Å². The van der Waals surface area contributed by atoms with E-state index in [1.165, 1.54) is 11.3 Å². The predicted octanol–water partition coefficient (Wildman–Crippen LogP) is 3.55. The predicted molar refractivity (Wildman–Crippen MR) is 93.5 cm³/mol. The van der Waals surface area contributed by atoms with Crippen molar-refractivity contribution in [2.24, 2.45) is 4.99 Å². The number of aromatic nitrogens is 1. The molecule has 0 fully saturated rings. The van der Waals surface area contributed by atoms with Crippen molar-refractivity contribution >= 4 is 22.8 Å². The molecule has 0 atom stereocenters. The highest BCUT2D eigenvalue weighted by Gasteiger charge is 2.13. The van der Waals surface area contributed by atoms with Gasteiger partial charge in [-0.05, 0) is 30.7 Å². The molecule has 2 aromatic heterocycles. The molecule has 5 nitrogen and oxygen atoms in total. The second kappa shape index (κ2) is 6.98. The van der Waals surface area contributed by atoms with Gasteiger partial charge >= 0.3 is 0 Å². The van der Waals surface area contributed by atoms with Gasteiger partial charge in [0.05, 0.1) is 29.7 Å². The number of aliphatic hydroxyl groups is 1. The fourth-order valence-corrected chi connectivity index (χ4v) is 3.60. The zero-order valence-corrected chi connectivity index (χ0v) is 14.3. The molecule has 2 heterocycles. The Hall–Kier alpha value is -2.44. The van der Waals surface area contributed by atoms with E-state index in [1.54, 1.807) is 19.5 Å². The van der Waals surface area contributed by atoms with Crippen molar-refractivity contribution in [3.63, 3.8) is 0 Å². The third-order valence-electron chi connectivity index (χ3n) is 3.75. The second-order valence-electron chi connectivity index (χ2n) is 5.40. The van der Waals surface area contributed by atoms with Gasteiger partial charge in [-0.1, -0.05) is 23.5 Å². The Balaban J connectivity index is 2.01. The lowest BCUT2D eigenvalue weighted by molar-refractivity contribution is 0.102. The van der Waals surface area contributed by atoms with E-state index in [1.807, 2.05) is 41.8 Å². The molecule has 24 heavy (non-hydrogen) atoms. The van der Waals surface area contributed by atoms with Crippen LogP contribution in [0.2, 0.25) is 0 Å². The molecule has 3 rings (SSSR count). The Bertz CT molecular complexity index is 903. The van der Waals surface area contributed by atoms with Gasteiger partial charge in [0, 0.05) is 24.7 Å². The van der Waals surface area contributed by atoms with Crippen molar-refractivity contribution in [1.82, 2.24) is 4.57 Å². The fraction of sp³-hybridized carbons (Fsp3) is 0.222. The molecule has 0 saturated carbocycles. The van der Waals surface area contributed by atoms with Gasteiger partial charge in [-0.15, -0.1) is 0 Å². The summed E-state index contributed by atoms with van der Waals surface area (Å²) in [6, 6.07) is 9.71. The number of furan rings is 1. The van der Waals surface area contributed by atoms with Crippen molar-refractivity contribution in [2.45, 2.75) is 20.4 Å². The number of ketones is 1. The van der Waals surface area contributed by atoms with E-state index >= 15 is 0 Å². The lowest BCUT2D eigenvalue weighted by atomic mass is 10.1. The molecule has 0 radical (unpaired) electrons. The summed E-state index contributed by atoms with van der Waals surface area (Å²) in [6.45, 7) is 3.85. The molecule has 3 aromatic rings. The molecule has 1 N–H and O–H groups in total. The van der Waals surface area contributed by atoms with Crippen molar-refractivity contribution in [3.8, 4) is 11.1 Å². The standard InChI is InChI=1S/C18H18N2O3S/c1-12-17(13(2)22)24-18(20(12)8-9-21)19-16-5-3-14(4-6-16)15-7-10-23-11-15/h3-7,10-11,21H,8-9H2,1-2H3. The molecule has 0 spiro atoms. The Labute approximate surface area is 143 Å². The largest absolute Gasteiger partial charge is 0.472 e. The molecule has 0 saturated heterocycles. The number of thiazole rings is 1. The Morgan fingerprint density at radius 1 is 1.25 bits per heavy atom. The van der Waals surface area contributed by atoms with E-state index < -0.39 is 0 Å². The van der Waals surface area contributed by atoms with Crippen molar-refractivity contribution in [1.29, 1.82) is 0 Å². The van der Waals surface area contributed by atoms with Crippen LogP contribution in [0.4, 0.5) is 5.69 Å². The average molecular weight is 342 g/mol.